The first-order valence-electron chi connectivity index (χ1n) is 8.46. The number of nitrogens with one attached hydrogen (secondary N) is 2. The van der Waals surface area contributed by atoms with Crippen LogP contribution in [0.15, 0.2) is 12.4 Å². The van der Waals surface area contributed by atoms with Crippen LogP contribution in [0.5, 0.6) is 0 Å². The van der Waals surface area contributed by atoms with E-state index in [9.17, 15) is 4.79 Å². The van der Waals surface area contributed by atoms with Crippen molar-refractivity contribution in [1.82, 2.24) is 20.2 Å². The van der Waals surface area contributed by atoms with E-state index in [1.807, 2.05) is 22.9 Å². The number of hydrogen-bond acceptors (Lipinski definition) is 3. The predicted molar refractivity (Wildman–Crippen MR) is 90.0 cm³/mol. The fourth-order valence-corrected chi connectivity index (χ4v) is 4.78. The summed E-state index contributed by atoms with van der Waals surface area (Å²) < 4.78 is 0. The van der Waals surface area contributed by atoms with E-state index < -0.39 is 0 Å². The number of rotatable bonds is 4. The zero-order chi connectivity index (χ0) is 15.4. The predicted octanol–water partition coefficient (Wildman–Crippen LogP) is 3.32. The van der Waals surface area contributed by atoms with Gasteiger partial charge in [0.05, 0.1) is 6.04 Å². The molecule has 1 aliphatic carbocycles. The van der Waals surface area contributed by atoms with Crippen LogP contribution in [-0.4, -0.2) is 44.5 Å². The molecule has 1 aliphatic heterocycles. The molecule has 2 aliphatic rings. The molecule has 1 aromatic rings. The Hall–Kier alpha value is -1.17. The van der Waals surface area contributed by atoms with Gasteiger partial charge in [-0.3, -0.25) is 0 Å². The number of imidazole rings is 1. The first-order valence-corrected chi connectivity index (χ1v) is 9.50. The molecule has 1 saturated carbocycles. The van der Waals surface area contributed by atoms with Crippen LogP contribution in [0.3, 0.4) is 0 Å². The minimum Gasteiger partial charge on any atom is -0.347 e. The monoisotopic (exact) mass is 322 g/mol. The van der Waals surface area contributed by atoms with Gasteiger partial charge in [0, 0.05) is 30.2 Å². The van der Waals surface area contributed by atoms with Crippen molar-refractivity contribution < 1.29 is 4.79 Å². The second-order valence-corrected chi connectivity index (χ2v) is 7.79. The Labute approximate surface area is 136 Å². The smallest absolute Gasteiger partial charge is 0.318 e. The van der Waals surface area contributed by atoms with Crippen LogP contribution < -0.4 is 5.32 Å². The highest BCUT2D eigenvalue weighted by Crippen LogP contribution is 2.31. The Balaban J connectivity index is 1.58. The number of likely N-dealkylation sites (tertiary alicyclic amines) is 1. The van der Waals surface area contributed by atoms with Crippen molar-refractivity contribution >= 4 is 17.8 Å². The topological polar surface area (TPSA) is 61.0 Å². The van der Waals surface area contributed by atoms with Crippen LogP contribution in [0.2, 0.25) is 0 Å². The maximum atomic E-state index is 12.7. The fourth-order valence-electron chi connectivity index (χ4n) is 3.63. The molecule has 0 spiro atoms. The van der Waals surface area contributed by atoms with Crippen LogP contribution in [0.25, 0.3) is 0 Å². The number of aromatic nitrogens is 2. The minimum atomic E-state index is 0.0910. The van der Waals surface area contributed by atoms with Crippen LogP contribution in [0, 0.1) is 0 Å². The van der Waals surface area contributed by atoms with Crippen molar-refractivity contribution in [2.45, 2.75) is 62.8 Å². The highest BCUT2D eigenvalue weighted by atomic mass is 32.2. The van der Waals surface area contributed by atoms with Crippen LogP contribution >= 0.6 is 11.8 Å². The number of carbonyl (C=O) groups is 1. The third-order valence-electron chi connectivity index (χ3n) is 4.71. The van der Waals surface area contributed by atoms with Crippen molar-refractivity contribution in [3.63, 3.8) is 0 Å². The molecule has 6 heteroatoms. The second-order valence-electron chi connectivity index (χ2n) is 6.22. The van der Waals surface area contributed by atoms with Gasteiger partial charge >= 0.3 is 6.03 Å². The summed E-state index contributed by atoms with van der Waals surface area (Å²) in [7, 11) is 0. The average molecular weight is 322 g/mol. The van der Waals surface area contributed by atoms with Gasteiger partial charge in [-0.1, -0.05) is 6.92 Å². The summed E-state index contributed by atoms with van der Waals surface area (Å²) in [5.41, 5.74) is 0. The van der Waals surface area contributed by atoms with E-state index in [4.69, 9.17) is 0 Å². The third kappa shape index (κ3) is 3.59. The van der Waals surface area contributed by atoms with Crippen LogP contribution in [0.4, 0.5) is 4.79 Å². The molecule has 0 bridgehead atoms. The largest absolute Gasteiger partial charge is 0.347 e. The molecule has 2 amide bonds. The number of H-pyrrole nitrogens is 1. The van der Waals surface area contributed by atoms with Crippen molar-refractivity contribution in [3.8, 4) is 0 Å². The number of thioether (sulfide) groups is 1. The maximum absolute atomic E-state index is 12.7. The normalized spacial score (nSPS) is 28.8. The molecule has 3 atom stereocenters. The Morgan fingerprint density at radius 3 is 3.14 bits per heavy atom. The summed E-state index contributed by atoms with van der Waals surface area (Å²) in [6.07, 6.45) is 10.3. The molecule has 5 nitrogen and oxygen atoms in total. The number of amides is 2. The number of carbonyl (C=O) groups excluding carboxylic acids is 1. The van der Waals surface area contributed by atoms with E-state index in [2.05, 4.69) is 22.2 Å². The number of aromatic amines is 1. The zero-order valence-corrected chi connectivity index (χ0v) is 14.1. The van der Waals surface area contributed by atoms with Crippen molar-refractivity contribution in [2.75, 3.05) is 12.3 Å². The first kappa shape index (κ1) is 15.7. The van der Waals surface area contributed by atoms with E-state index in [0.29, 0.717) is 6.04 Å². The van der Waals surface area contributed by atoms with E-state index in [0.717, 1.165) is 55.5 Å². The van der Waals surface area contributed by atoms with E-state index in [1.54, 1.807) is 6.20 Å². The Bertz CT molecular complexity index is 479. The highest BCUT2D eigenvalue weighted by molar-refractivity contribution is 7.99. The van der Waals surface area contributed by atoms with E-state index in [1.165, 1.54) is 6.42 Å². The summed E-state index contributed by atoms with van der Waals surface area (Å²) in [5.74, 6) is 2.08. The van der Waals surface area contributed by atoms with Gasteiger partial charge < -0.3 is 15.2 Å². The van der Waals surface area contributed by atoms with Gasteiger partial charge in [-0.2, -0.15) is 11.8 Å². The molecule has 1 saturated heterocycles. The molecule has 0 unspecified atom stereocenters. The SMILES string of the molecule is CCS[C@@H]1CC[C@H](NC(=O)N2CCCC[C@@H]2c2ncc[nH]2)C1. The van der Waals surface area contributed by atoms with Crippen molar-refractivity contribution in [1.29, 1.82) is 0 Å². The molecular weight excluding hydrogens is 296 g/mol. The zero-order valence-electron chi connectivity index (χ0n) is 13.3. The number of nitrogens with zero attached hydrogens (tertiary/aromatic N) is 2. The number of piperidine rings is 1. The second kappa shape index (κ2) is 7.40. The summed E-state index contributed by atoms with van der Waals surface area (Å²) in [5, 5.41) is 3.98. The molecule has 2 fully saturated rings. The summed E-state index contributed by atoms with van der Waals surface area (Å²) in [6.45, 7) is 3.04. The lowest BCUT2D eigenvalue weighted by Crippen LogP contribution is -2.47. The number of hydrogen-bond donors (Lipinski definition) is 2. The van der Waals surface area contributed by atoms with Crippen molar-refractivity contribution in [3.05, 3.63) is 18.2 Å². The lowest BCUT2D eigenvalue weighted by Gasteiger charge is -2.35. The fraction of sp³-hybridized carbons (Fsp3) is 0.750. The summed E-state index contributed by atoms with van der Waals surface area (Å²) >= 11 is 2.02. The van der Waals surface area contributed by atoms with Gasteiger partial charge in [0.1, 0.15) is 5.82 Å². The summed E-state index contributed by atoms with van der Waals surface area (Å²) in [4.78, 5) is 22.2. The van der Waals surface area contributed by atoms with Gasteiger partial charge in [-0.15, -0.1) is 0 Å². The lowest BCUT2D eigenvalue weighted by atomic mass is 10.0. The van der Waals surface area contributed by atoms with Crippen LogP contribution in [0.1, 0.15) is 57.3 Å². The minimum absolute atomic E-state index is 0.0910. The summed E-state index contributed by atoms with van der Waals surface area (Å²) in [6, 6.07) is 0.537. The average Bonchev–Trinajstić information content (AvgIpc) is 3.19. The van der Waals surface area contributed by atoms with E-state index >= 15 is 0 Å². The van der Waals surface area contributed by atoms with Crippen LogP contribution in [-0.2, 0) is 0 Å². The molecular formula is C16H26N4OS. The van der Waals surface area contributed by atoms with Gasteiger partial charge in [-0.25, -0.2) is 9.78 Å². The van der Waals surface area contributed by atoms with Gasteiger partial charge in [-0.05, 0) is 44.3 Å². The molecule has 0 aromatic carbocycles. The van der Waals surface area contributed by atoms with Gasteiger partial charge in [0.25, 0.3) is 0 Å². The lowest BCUT2D eigenvalue weighted by molar-refractivity contribution is 0.145. The molecule has 2 N–H and O–H groups in total. The standard InChI is InChI=1S/C16H26N4OS/c1-2-22-13-7-6-12(11-13)19-16(21)20-10-4-3-5-14(20)15-17-8-9-18-15/h8-9,12-14H,2-7,10-11H2,1H3,(H,17,18)(H,19,21)/t12-,13+,14+/m0/s1. The Morgan fingerprint density at radius 2 is 2.36 bits per heavy atom. The van der Waals surface area contributed by atoms with E-state index in [-0.39, 0.29) is 12.1 Å². The Morgan fingerprint density at radius 1 is 1.45 bits per heavy atom. The molecule has 22 heavy (non-hydrogen) atoms. The maximum Gasteiger partial charge on any atom is 0.318 e. The molecule has 1 aromatic heterocycles. The molecule has 3 rings (SSSR count). The van der Waals surface area contributed by atoms with Crippen molar-refractivity contribution in [2.24, 2.45) is 0 Å². The highest BCUT2D eigenvalue weighted by Gasteiger charge is 2.32. The van der Waals surface area contributed by atoms with Gasteiger partial charge in [0.15, 0.2) is 0 Å². The number of urea groups is 1. The quantitative estimate of drug-likeness (QED) is 0.894. The Kier molecular flexibility index (Phi) is 5.28. The molecule has 0 radical (unpaired) electrons. The molecule has 122 valence electrons. The molecule has 2 heterocycles. The third-order valence-corrected chi connectivity index (χ3v) is 5.95. The first-order chi connectivity index (χ1) is 10.8. The van der Waals surface area contributed by atoms with Gasteiger partial charge in [0.2, 0.25) is 0 Å².